The van der Waals surface area contributed by atoms with Crippen molar-refractivity contribution in [1.82, 2.24) is 10.3 Å². The van der Waals surface area contributed by atoms with Crippen LogP contribution >= 0.6 is 11.6 Å². The number of ketones is 1. The summed E-state index contributed by atoms with van der Waals surface area (Å²) in [6.07, 6.45) is 0.916. The Kier molecular flexibility index (Phi) is 2.52. The summed E-state index contributed by atoms with van der Waals surface area (Å²) in [6, 6.07) is 1.87. The number of halogens is 1. The summed E-state index contributed by atoms with van der Waals surface area (Å²) in [4.78, 5) is 15.4. The van der Waals surface area contributed by atoms with Crippen molar-refractivity contribution in [3.63, 3.8) is 0 Å². The zero-order valence-electron chi connectivity index (χ0n) is 7.93. The summed E-state index contributed by atoms with van der Waals surface area (Å²) >= 11 is 5.90. The summed E-state index contributed by atoms with van der Waals surface area (Å²) < 4.78 is 0. The van der Waals surface area contributed by atoms with Gasteiger partial charge in [-0.25, -0.2) is 4.98 Å². The van der Waals surface area contributed by atoms with E-state index in [0.29, 0.717) is 10.7 Å². The van der Waals surface area contributed by atoms with Crippen LogP contribution in [0.5, 0.6) is 0 Å². The molecule has 3 nitrogen and oxygen atoms in total. The van der Waals surface area contributed by atoms with Gasteiger partial charge in [0.05, 0.1) is 11.3 Å². The van der Waals surface area contributed by atoms with Crippen LogP contribution in [0.3, 0.4) is 0 Å². The SMILES string of the molecule is CC(=O)c1cc2c(nc1Cl)CNCC2. The Bertz CT molecular complexity index is 390. The number of carbonyl (C=O) groups is 1. The van der Waals surface area contributed by atoms with Crippen molar-refractivity contribution >= 4 is 17.4 Å². The lowest BCUT2D eigenvalue weighted by molar-refractivity contribution is 0.101. The molecule has 14 heavy (non-hydrogen) atoms. The Labute approximate surface area is 87.5 Å². The van der Waals surface area contributed by atoms with Crippen molar-refractivity contribution in [2.75, 3.05) is 6.54 Å². The zero-order valence-corrected chi connectivity index (χ0v) is 8.69. The van der Waals surface area contributed by atoms with E-state index in [1.54, 1.807) is 0 Å². The number of aromatic nitrogens is 1. The monoisotopic (exact) mass is 210 g/mol. The summed E-state index contributed by atoms with van der Waals surface area (Å²) in [5.41, 5.74) is 2.64. The van der Waals surface area contributed by atoms with Crippen LogP contribution in [0.2, 0.25) is 5.15 Å². The molecule has 0 spiro atoms. The maximum absolute atomic E-state index is 11.2. The maximum Gasteiger partial charge on any atom is 0.162 e. The van der Waals surface area contributed by atoms with Crippen LogP contribution in [-0.2, 0) is 13.0 Å². The predicted molar refractivity (Wildman–Crippen MR) is 54.7 cm³/mol. The molecule has 0 atom stereocenters. The minimum absolute atomic E-state index is 0.0242. The first-order valence-electron chi connectivity index (χ1n) is 4.58. The summed E-state index contributed by atoms with van der Waals surface area (Å²) in [6.45, 7) is 3.19. The molecule has 0 saturated heterocycles. The number of nitrogens with zero attached hydrogens (tertiary/aromatic N) is 1. The minimum Gasteiger partial charge on any atom is -0.311 e. The van der Waals surface area contributed by atoms with Gasteiger partial charge in [-0.15, -0.1) is 0 Å². The van der Waals surface area contributed by atoms with E-state index in [4.69, 9.17) is 11.6 Å². The second-order valence-electron chi connectivity index (χ2n) is 3.42. The lowest BCUT2D eigenvalue weighted by Gasteiger charge is -2.17. The summed E-state index contributed by atoms with van der Waals surface area (Å²) in [5.74, 6) is -0.0242. The molecular formula is C10H11ClN2O. The van der Waals surface area contributed by atoms with Gasteiger partial charge in [0, 0.05) is 6.54 Å². The van der Waals surface area contributed by atoms with Crippen molar-refractivity contribution < 1.29 is 4.79 Å². The molecule has 4 heteroatoms. The van der Waals surface area contributed by atoms with Crippen LogP contribution in [0.4, 0.5) is 0 Å². The number of fused-ring (bicyclic) bond motifs is 1. The van der Waals surface area contributed by atoms with Gasteiger partial charge in [0.15, 0.2) is 5.78 Å². The molecule has 74 valence electrons. The van der Waals surface area contributed by atoms with Crippen molar-refractivity contribution in [3.8, 4) is 0 Å². The summed E-state index contributed by atoms with van der Waals surface area (Å²) in [5, 5.41) is 3.53. The first-order chi connectivity index (χ1) is 6.68. The standard InChI is InChI=1S/C10H11ClN2O/c1-6(14)8-4-7-2-3-12-5-9(7)13-10(8)11/h4,12H,2-3,5H2,1H3. The fraction of sp³-hybridized carbons (Fsp3) is 0.400. The molecule has 0 unspecified atom stereocenters. The number of nitrogens with one attached hydrogen (secondary N) is 1. The van der Waals surface area contributed by atoms with Crippen LogP contribution in [0.25, 0.3) is 0 Å². The minimum atomic E-state index is -0.0242. The molecule has 0 saturated carbocycles. The lowest BCUT2D eigenvalue weighted by atomic mass is 10.0. The van der Waals surface area contributed by atoms with E-state index >= 15 is 0 Å². The average molecular weight is 211 g/mol. The van der Waals surface area contributed by atoms with Gasteiger partial charge < -0.3 is 5.32 Å². The van der Waals surface area contributed by atoms with E-state index in [9.17, 15) is 4.79 Å². The first-order valence-corrected chi connectivity index (χ1v) is 4.96. The third-order valence-corrected chi connectivity index (χ3v) is 2.68. The second-order valence-corrected chi connectivity index (χ2v) is 3.77. The smallest absolute Gasteiger partial charge is 0.162 e. The fourth-order valence-corrected chi connectivity index (χ4v) is 1.90. The quantitative estimate of drug-likeness (QED) is 0.565. The molecule has 0 bridgehead atoms. The van der Waals surface area contributed by atoms with E-state index in [1.165, 1.54) is 6.92 Å². The van der Waals surface area contributed by atoms with Gasteiger partial charge in [-0.2, -0.15) is 0 Å². The van der Waals surface area contributed by atoms with E-state index < -0.39 is 0 Å². The van der Waals surface area contributed by atoms with Gasteiger partial charge in [-0.05, 0) is 31.5 Å². The van der Waals surface area contributed by atoms with Crippen LogP contribution in [0.15, 0.2) is 6.07 Å². The largest absolute Gasteiger partial charge is 0.311 e. The molecule has 0 amide bonds. The Morgan fingerprint density at radius 2 is 2.43 bits per heavy atom. The van der Waals surface area contributed by atoms with Crippen molar-refractivity contribution in [1.29, 1.82) is 0 Å². The molecule has 1 N–H and O–H groups in total. The zero-order chi connectivity index (χ0) is 10.1. The number of rotatable bonds is 1. The molecule has 1 aromatic rings. The maximum atomic E-state index is 11.2. The highest BCUT2D eigenvalue weighted by atomic mass is 35.5. The van der Waals surface area contributed by atoms with Crippen LogP contribution in [0.1, 0.15) is 28.5 Å². The van der Waals surface area contributed by atoms with Crippen molar-refractivity contribution in [2.24, 2.45) is 0 Å². The molecule has 0 fully saturated rings. The molecule has 1 aromatic heterocycles. The topological polar surface area (TPSA) is 42.0 Å². The molecule has 2 rings (SSSR count). The fourth-order valence-electron chi connectivity index (χ4n) is 1.61. The lowest BCUT2D eigenvalue weighted by Crippen LogP contribution is -2.25. The van der Waals surface area contributed by atoms with Gasteiger partial charge in [0.1, 0.15) is 5.15 Å². The molecule has 1 aliphatic heterocycles. The molecule has 0 aliphatic carbocycles. The van der Waals surface area contributed by atoms with Gasteiger partial charge in [0.25, 0.3) is 0 Å². The highest BCUT2D eigenvalue weighted by Crippen LogP contribution is 2.20. The number of carbonyl (C=O) groups excluding carboxylic acids is 1. The van der Waals surface area contributed by atoms with Crippen LogP contribution in [0, 0.1) is 0 Å². The third kappa shape index (κ3) is 1.65. The van der Waals surface area contributed by atoms with Gasteiger partial charge in [-0.1, -0.05) is 11.6 Å². The van der Waals surface area contributed by atoms with E-state index in [-0.39, 0.29) is 5.78 Å². The van der Waals surface area contributed by atoms with Crippen molar-refractivity contribution in [3.05, 3.63) is 28.0 Å². The van der Waals surface area contributed by atoms with Gasteiger partial charge in [0.2, 0.25) is 0 Å². The Morgan fingerprint density at radius 3 is 3.14 bits per heavy atom. The highest BCUT2D eigenvalue weighted by molar-refractivity contribution is 6.32. The van der Waals surface area contributed by atoms with Gasteiger partial charge >= 0.3 is 0 Å². The van der Waals surface area contributed by atoms with E-state index in [2.05, 4.69) is 10.3 Å². The average Bonchev–Trinajstić information content (AvgIpc) is 2.16. The molecule has 2 heterocycles. The van der Waals surface area contributed by atoms with E-state index in [1.807, 2.05) is 6.07 Å². The first kappa shape index (κ1) is 9.62. The number of pyridine rings is 1. The molecule has 0 aromatic carbocycles. The number of hydrogen-bond acceptors (Lipinski definition) is 3. The predicted octanol–water partition coefficient (Wildman–Crippen LogP) is 1.58. The van der Waals surface area contributed by atoms with Crippen LogP contribution < -0.4 is 5.32 Å². The number of hydrogen-bond donors (Lipinski definition) is 1. The van der Waals surface area contributed by atoms with Gasteiger partial charge in [-0.3, -0.25) is 4.79 Å². The molecule has 0 radical (unpaired) electrons. The van der Waals surface area contributed by atoms with Crippen molar-refractivity contribution in [2.45, 2.75) is 19.9 Å². The number of Topliss-reactive ketones (excluding diaryl/α,β-unsaturated/α-hetero) is 1. The summed E-state index contributed by atoms with van der Waals surface area (Å²) in [7, 11) is 0. The normalized spacial score (nSPS) is 15.0. The van der Waals surface area contributed by atoms with Crippen LogP contribution in [-0.4, -0.2) is 17.3 Å². The molecular weight excluding hydrogens is 200 g/mol. The second kappa shape index (κ2) is 3.67. The third-order valence-electron chi connectivity index (χ3n) is 2.39. The Balaban J connectivity index is 2.50. The van der Waals surface area contributed by atoms with E-state index in [0.717, 1.165) is 30.8 Å². The molecule has 1 aliphatic rings. The highest BCUT2D eigenvalue weighted by Gasteiger charge is 2.15. The Morgan fingerprint density at radius 1 is 1.64 bits per heavy atom. The Hall–Kier alpha value is -0.930.